The molecular weight excluding hydrogens is 208 g/mol. The number of imide groups is 1. The van der Waals surface area contributed by atoms with E-state index in [0.29, 0.717) is 32.5 Å². The molecule has 6 nitrogen and oxygen atoms in total. The Morgan fingerprint density at radius 2 is 2.06 bits per heavy atom. The summed E-state index contributed by atoms with van der Waals surface area (Å²) in [5.74, 6) is -0.144. The first-order valence-corrected chi connectivity index (χ1v) is 5.29. The number of piperidine rings is 1. The SMILES string of the molecule is CN1C(=O)NC2(CCN(CC#N)CC2)C1=O. The van der Waals surface area contributed by atoms with Gasteiger partial charge in [0.05, 0.1) is 12.6 Å². The summed E-state index contributed by atoms with van der Waals surface area (Å²) in [5.41, 5.74) is -0.711. The molecule has 0 aliphatic carbocycles. The average molecular weight is 222 g/mol. The van der Waals surface area contributed by atoms with Gasteiger partial charge in [0.15, 0.2) is 0 Å². The van der Waals surface area contributed by atoms with E-state index in [9.17, 15) is 9.59 Å². The topological polar surface area (TPSA) is 76.4 Å². The predicted octanol–water partition coefficient (Wildman–Crippen LogP) is -0.474. The van der Waals surface area contributed by atoms with Gasteiger partial charge in [-0.2, -0.15) is 5.26 Å². The maximum Gasteiger partial charge on any atom is 0.324 e. The molecule has 2 aliphatic heterocycles. The molecule has 6 heteroatoms. The third-order valence-electron chi connectivity index (χ3n) is 3.37. The molecule has 2 saturated heterocycles. The lowest BCUT2D eigenvalue weighted by atomic mass is 9.87. The number of hydrogen-bond acceptors (Lipinski definition) is 4. The first-order valence-electron chi connectivity index (χ1n) is 5.29. The van der Waals surface area contributed by atoms with E-state index in [1.807, 2.05) is 4.90 Å². The number of nitrogens with one attached hydrogen (secondary N) is 1. The Labute approximate surface area is 93.8 Å². The highest BCUT2D eigenvalue weighted by Gasteiger charge is 2.50. The summed E-state index contributed by atoms with van der Waals surface area (Å²) in [7, 11) is 1.49. The molecule has 0 aromatic heterocycles. The van der Waals surface area contributed by atoms with Crippen molar-refractivity contribution >= 4 is 11.9 Å². The fraction of sp³-hybridized carbons (Fsp3) is 0.700. The number of rotatable bonds is 1. The lowest BCUT2D eigenvalue weighted by molar-refractivity contribution is -0.132. The molecule has 1 spiro atoms. The van der Waals surface area contributed by atoms with Gasteiger partial charge in [-0.1, -0.05) is 0 Å². The Kier molecular flexibility index (Phi) is 2.56. The second-order valence-corrected chi connectivity index (χ2v) is 4.31. The molecular formula is C10H14N4O2. The summed E-state index contributed by atoms with van der Waals surface area (Å²) in [5, 5.41) is 11.3. The van der Waals surface area contributed by atoms with Crippen LogP contribution in [0.5, 0.6) is 0 Å². The van der Waals surface area contributed by atoms with Gasteiger partial charge >= 0.3 is 6.03 Å². The van der Waals surface area contributed by atoms with Crippen LogP contribution in [0, 0.1) is 11.3 Å². The number of hydrogen-bond donors (Lipinski definition) is 1. The number of amides is 3. The minimum Gasteiger partial charge on any atom is -0.323 e. The molecule has 0 atom stereocenters. The molecule has 3 amide bonds. The molecule has 2 fully saturated rings. The van der Waals surface area contributed by atoms with E-state index >= 15 is 0 Å². The van der Waals surface area contributed by atoms with E-state index in [4.69, 9.17) is 5.26 Å². The molecule has 0 saturated carbocycles. The molecule has 0 unspecified atom stereocenters. The number of nitrogens with zero attached hydrogens (tertiary/aromatic N) is 3. The van der Waals surface area contributed by atoms with Crippen LogP contribution in [0.2, 0.25) is 0 Å². The largest absolute Gasteiger partial charge is 0.324 e. The van der Waals surface area contributed by atoms with E-state index in [1.54, 1.807) is 0 Å². The van der Waals surface area contributed by atoms with Gasteiger partial charge in [0.25, 0.3) is 5.91 Å². The summed E-state index contributed by atoms with van der Waals surface area (Å²) in [6, 6.07) is 1.77. The molecule has 2 heterocycles. The third kappa shape index (κ3) is 1.53. The van der Waals surface area contributed by atoms with Crippen molar-refractivity contribution in [1.82, 2.24) is 15.1 Å². The summed E-state index contributed by atoms with van der Waals surface area (Å²) in [6.07, 6.45) is 1.17. The molecule has 0 radical (unpaired) electrons. The molecule has 0 bridgehead atoms. The maximum absolute atomic E-state index is 11.9. The number of urea groups is 1. The molecule has 86 valence electrons. The van der Waals surface area contributed by atoms with Crippen LogP contribution in [-0.4, -0.2) is 54.0 Å². The van der Waals surface area contributed by atoms with Crippen LogP contribution >= 0.6 is 0 Å². The minimum atomic E-state index is -0.711. The highest BCUT2D eigenvalue weighted by Crippen LogP contribution is 2.28. The Morgan fingerprint density at radius 1 is 1.44 bits per heavy atom. The van der Waals surface area contributed by atoms with Gasteiger partial charge in [-0.05, 0) is 12.8 Å². The molecule has 1 N–H and O–H groups in total. The van der Waals surface area contributed by atoms with Crippen LogP contribution in [0.15, 0.2) is 0 Å². The van der Waals surface area contributed by atoms with Crippen molar-refractivity contribution in [3.05, 3.63) is 0 Å². The van der Waals surface area contributed by atoms with E-state index < -0.39 is 5.54 Å². The molecule has 16 heavy (non-hydrogen) atoms. The van der Waals surface area contributed by atoms with Crippen LogP contribution in [0.3, 0.4) is 0 Å². The van der Waals surface area contributed by atoms with Gasteiger partial charge in [-0.25, -0.2) is 4.79 Å². The van der Waals surface area contributed by atoms with Gasteiger partial charge in [-0.15, -0.1) is 0 Å². The Hall–Kier alpha value is -1.61. The maximum atomic E-state index is 11.9. The second-order valence-electron chi connectivity index (χ2n) is 4.31. The Bertz CT molecular complexity index is 366. The minimum absolute atomic E-state index is 0.144. The lowest BCUT2D eigenvalue weighted by Crippen LogP contribution is -2.54. The van der Waals surface area contributed by atoms with E-state index in [0.717, 1.165) is 4.90 Å². The zero-order chi connectivity index (χ0) is 11.8. The molecule has 0 aromatic carbocycles. The molecule has 0 aromatic rings. The predicted molar refractivity (Wildman–Crippen MR) is 55.3 cm³/mol. The second kappa shape index (κ2) is 3.76. The Morgan fingerprint density at radius 3 is 2.50 bits per heavy atom. The van der Waals surface area contributed by atoms with E-state index in [1.165, 1.54) is 7.05 Å². The number of likely N-dealkylation sites (N-methyl/N-ethyl adjacent to an activating group) is 1. The number of carbonyl (C=O) groups is 2. The standard InChI is InChI=1S/C10H14N4O2/c1-13-8(15)10(12-9(13)16)2-5-14(6-3-10)7-4-11/h2-3,5-7H2,1H3,(H,12,16). The van der Waals surface area contributed by atoms with Gasteiger partial charge in [-0.3, -0.25) is 14.6 Å². The smallest absolute Gasteiger partial charge is 0.323 e. The van der Waals surface area contributed by atoms with Crippen LogP contribution < -0.4 is 5.32 Å². The van der Waals surface area contributed by atoms with Crippen molar-refractivity contribution in [2.75, 3.05) is 26.7 Å². The van der Waals surface area contributed by atoms with Crippen molar-refractivity contribution < 1.29 is 9.59 Å². The monoisotopic (exact) mass is 222 g/mol. The number of carbonyl (C=O) groups excluding carboxylic acids is 2. The molecule has 2 aliphatic rings. The van der Waals surface area contributed by atoms with Crippen LogP contribution in [0.4, 0.5) is 4.79 Å². The van der Waals surface area contributed by atoms with Gasteiger partial charge < -0.3 is 5.32 Å². The first-order chi connectivity index (χ1) is 7.59. The number of nitriles is 1. The van der Waals surface area contributed by atoms with Crippen LogP contribution in [-0.2, 0) is 4.79 Å². The average Bonchev–Trinajstić information content (AvgIpc) is 2.48. The third-order valence-corrected chi connectivity index (χ3v) is 3.37. The Balaban J connectivity index is 2.06. The normalized spacial score (nSPS) is 24.6. The number of likely N-dealkylation sites (tertiary alicyclic amines) is 1. The van der Waals surface area contributed by atoms with E-state index in [-0.39, 0.29) is 11.9 Å². The summed E-state index contributed by atoms with van der Waals surface area (Å²) in [4.78, 5) is 26.4. The van der Waals surface area contributed by atoms with Gasteiger partial charge in [0.1, 0.15) is 5.54 Å². The highest BCUT2D eigenvalue weighted by atomic mass is 16.2. The van der Waals surface area contributed by atoms with E-state index in [2.05, 4.69) is 11.4 Å². The van der Waals surface area contributed by atoms with Gasteiger partial charge in [0, 0.05) is 20.1 Å². The van der Waals surface area contributed by atoms with Crippen molar-refractivity contribution in [1.29, 1.82) is 5.26 Å². The highest BCUT2D eigenvalue weighted by molar-refractivity contribution is 6.06. The van der Waals surface area contributed by atoms with Crippen molar-refractivity contribution in [2.45, 2.75) is 18.4 Å². The van der Waals surface area contributed by atoms with Crippen molar-refractivity contribution in [2.24, 2.45) is 0 Å². The summed E-state index contributed by atoms with van der Waals surface area (Å²) >= 11 is 0. The van der Waals surface area contributed by atoms with Crippen LogP contribution in [0.25, 0.3) is 0 Å². The van der Waals surface area contributed by atoms with Crippen molar-refractivity contribution in [3.63, 3.8) is 0 Å². The summed E-state index contributed by atoms with van der Waals surface area (Å²) in [6.45, 7) is 1.73. The fourth-order valence-electron chi connectivity index (χ4n) is 2.29. The quantitative estimate of drug-likeness (QED) is 0.480. The first kappa shape index (κ1) is 10.9. The molecule has 2 rings (SSSR count). The zero-order valence-electron chi connectivity index (χ0n) is 9.19. The summed E-state index contributed by atoms with van der Waals surface area (Å²) < 4.78 is 0. The lowest BCUT2D eigenvalue weighted by Gasteiger charge is -2.36. The zero-order valence-corrected chi connectivity index (χ0v) is 9.19. The van der Waals surface area contributed by atoms with Crippen LogP contribution in [0.1, 0.15) is 12.8 Å². The van der Waals surface area contributed by atoms with Gasteiger partial charge in [0.2, 0.25) is 0 Å². The van der Waals surface area contributed by atoms with Crippen molar-refractivity contribution in [3.8, 4) is 6.07 Å². The fourth-order valence-corrected chi connectivity index (χ4v) is 2.29.